The van der Waals surface area contributed by atoms with Gasteiger partial charge in [0.2, 0.25) is 0 Å². The molecule has 110 valence electrons. The number of aliphatic carboxylic acids is 1. The van der Waals surface area contributed by atoms with E-state index in [4.69, 9.17) is 5.11 Å². The third-order valence-corrected chi connectivity index (χ3v) is 5.94. The van der Waals surface area contributed by atoms with Crippen molar-refractivity contribution in [1.82, 2.24) is 4.98 Å². The summed E-state index contributed by atoms with van der Waals surface area (Å²) in [6, 6.07) is 0.438. The molecule has 0 radical (unpaired) electrons. The van der Waals surface area contributed by atoms with Crippen LogP contribution in [-0.2, 0) is 11.2 Å². The quantitative estimate of drug-likeness (QED) is 0.874. The smallest absolute Gasteiger partial charge is 0.309 e. The number of carbonyl (C=O) groups is 1. The highest BCUT2D eigenvalue weighted by molar-refractivity contribution is 7.15. The average molecular weight is 294 g/mol. The topological polar surface area (TPSA) is 62.2 Å². The van der Waals surface area contributed by atoms with Crippen LogP contribution >= 0.6 is 11.3 Å². The van der Waals surface area contributed by atoms with E-state index in [1.807, 2.05) is 6.92 Å². The molecule has 20 heavy (non-hydrogen) atoms. The van der Waals surface area contributed by atoms with Crippen LogP contribution in [0.1, 0.15) is 43.2 Å². The minimum absolute atomic E-state index is 0.0204. The number of anilines is 1. The molecule has 1 heterocycles. The number of carboxylic acids is 1. The van der Waals surface area contributed by atoms with Crippen molar-refractivity contribution in [3.63, 3.8) is 0 Å². The van der Waals surface area contributed by atoms with Crippen molar-refractivity contribution in [2.45, 2.75) is 52.0 Å². The summed E-state index contributed by atoms with van der Waals surface area (Å²) in [6.07, 6.45) is 5.60. The van der Waals surface area contributed by atoms with Crippen LogP contribution in [0.3, 0.4) is 0 Å². The summed E-state index contributed by atoms with van der Waals surface area (Å²) < 4.78 is 0. The molecule has 2 N–H and O–H groups in total. The largest absolute Gasteiger partial charge is 0.481 e. The molecular weight excluding hydrogens is 272 g/mol. The molecule has 0 aliphatic heterocycles. The number of hydrogen-bond acceptors (Lipinski definition) is 4. The van der Waals surface area contributed by atoms with Crippen LogP contribution in [0, 0.1) is 24.7 Å². The number of aromatic nitrogens is 1. The number of nitrogens with one attached hydrogen (secondary N) is 1. The van der Waals surface area contributed by atoms with Gasteiger partial charge in [0.25, 0.3) is 0 Å². The molecule has 0 spiro atoms. The van der Waals surface area contributed by atoms with Crippen molar-refractivity contribution in [3.8, 4) is 0 Å². The van der Waals surface area contributed by atoms with E-state index in [1.54, 1.807) is 11.3 Å². The molecule has 2 fully saturated rings. The molecule has 4 atom stereocenters. The van der Waals surface area contributed by atoms with E-state index in [-0.39, 0.29) is 6.42 Å². The fourth-order valence-electron chi connectivity index (χ4n) is 4.01. The molecule has 3 rings (SSSR count). The first-order valence-electron chi connectivity index (χ1n) is 7.47. The van der Waals surface area contributed by atoms with Gasteiger partial charge in [-0.2, -0.15) is 0 Å². The third kappa shape index (κ3) is 2.68. The Kier molecular flexibility index (Phi) is 3.71. The van der Waals surface area contributed by atoms with Gasteiger partial charge in [0.05, 0.1) is 12.1 Å². The van der Waals surface area contributed by atoms with Gasteiger partial charge in [-0.15, -0.1) is 11.3 Å². The number of hydrogen-bond donors (Lipinski definition) is 2. The van der Waals surface area contributed by atoms with E-state index >= 15 is 0 Å². The second kappa shape index (κ2) is 5.35. The van der Waals surface area contributed by atoms with Gasteiger partial charge in [-0.3, -0.25) is 4.79 Å². The summed E-state index contributed by atoms with van der Waals surface area (Å²) >= 11 is 1.58. The maximum Gasteiger partial charge on any atom is 0.309 e. The Morgan fingerprint density at radius 3 is 2.90 bits per heavy atom. The van der Waals surface area contributed by atoms with Gasteiger partial charge < -0.3 is 10.4 Å². The van der Waals surface area contributed by atoms with Crippen LogP contribution in [0.25, 0.3) is 0 Å². The first kappa shape index (κ1) is 13.9. The Hall–Kier alpha value is -1.10. The van der Waals surface area contributed by atoms with Crippen LogP contribution in [0.5, 0.6) is 0 Å². The molecule has 2 saturated carbocycles. The monoisotopic (exact) mass is 294 g/mol. The number of thiazole rings is 1. The second-order valence-corrected chi connectivity index (χ2v) is 7.57. The highest BCUT2D eigenvalue weighted by Gasteiger charge is 2.41. The minimum atomic E-state index is -0.814. The molecule has 1 aromatic heterocycles. The van der Waals surface area contributed by atoms with Crippen molar-refractivity contribution < 1.29 is 9.90 Å². The van der Waals surface area contributed by atoms with Crippen LogP contribution in [0.4, 0.5) is 5.13 Å². The molecular formula is C15H22N2O2S. The van der Waals surface area contributed by atoms with Crippen LogP contribution in [0.2, 0.25) is 0 Å². The fourth-order valence-corrected chi connectivity index (χ4v) is 4.93. The van der Waals surface area contributed by atoms with E-state index in [2.05, 4.69) is 17.2 Å². The zero-order valence-corrected chi connectivity index (χ0v) is 12.9. The van der Waals surface area contributed by atoms with Crippen molar-refractivity contribution in [1.29, 1.82) is 0 Å². The van der Waals surface area contributed by atoms with Crippen LogP contribution in [0.15, 0.2) is 0 Å². The van der Waals surface area contributed by atoms with E-state index < -0.39 is 5.97 Å². The van der Waals surface area contributed by atoms with Crippen molar-refractivity contribution in [2.24, 2.45) is 17.8 Å². The van der Waals surface area contributed by atoms with Crippen LogP contribution < -0.4 is 5.32 Å². The van der Waals surface area contributed by atoms with Gasteiger partial charge >= 0.3 is 5.97 Å². The number of rotatable bonds is 5. The molecule has 0 aromatic carbocycles. The van der Waals surface area contributed by atoms with Gasteiger partial charge in [0.15, 0.2) is 5.13 Å². The maximum absolute atomic E-state index is 10.8. The predicted molar refractivity (Wildman–Crippen MR) is 80.2 cm³/mol. The standard InChI is InChI=1S/C15H22N2O2S/c1-8(12-6-10-3-4-11(12)5-10)16-15-17-13(7-14(18)19)9(2)20-15/h8,10-12H,3-7H2,1-2H3,(H,16,17)(H,18,19). The second-order valence-electron chi connectivity index (χ2n) is 6.36. The number of fused-ring (bicyclic) bond motifs is 2. The van der Waals surface area contributed by atoms with E-state index in [0.717, 1.165) is 27.8 Å². The Morgan fingerprint density at radius 2 is 2.30 bits per heavy atom. The predicted octanol–water partition coefficient (Wildman–Crippen LogP) is 3.32. The zero-order valence-electron chi connectivity index (χ0n) is 12.1. The summed E-state index contributed by atoms with van der Waals surface area (Å²) in [6.45, 7) is 4.20. The third-order valence-electron chi connectivity index (χ3n) is 5.00. The van der Waals surface area contributed by atoms with Gasteiger partial charge in [0, 0.05) is 10.9 Å². The Labute approximate surface area is 123 Å². The summed E-state index contributed by atoms with van der Waals surface area (Å²) in [5.41, 5.74) is 0.699. The molecule has 5 heteroatoms. The minimum Gasteiger partial charge on any atom is -0.481 e. The maximum atomic E-state index is 10.8. The van der Waals surface area contributed by atoms with Crippen molar-refractivity contribution in [2.75, 3.05) is 5.32 Å². The molecule has 0 amide bonds. The normalized spacial score (nSPS) is 29.6. The van der Waals surface area contributed by atoms with Crippen molar-refractivity contribution >= 4 is 22.4 Å². The summed E-state index contributed by atoms with van der Waals surface area (Å²) in [7, 11) is 0. The lowest BCUT2D eigenvalue weighted by Gasteiger charge is -2.28. The van der Waals surface area contributed by atoms with Gasteiger partial charge in [-0.1, -0.05) is 6.42 Å². The molecule has 4 nitrogen and oxygen atoms in total. The molecule has 0 saturated heterocycles. The summed E-state index contributed by atoms with van der Waals surface area (Å²) in [4.78, 5) is 16.3. The van der Waals surface area contributed by atoms with Gasteiger partial charge in [-0.05, 0) is 50.9 Å². The summed E-state index contributed by atoms with van der Waals surface area (Å²) in [5, 5.41) is 13.3. The van der Waals surface area contributed by atoms with E-state index in [0.29, 0.717) is 11.7 Å². The Morgan fingerprint density at radius 1 is 1.50 bits per heavy atom. The van der Waals surface area contributed by atoms with E-state index in [9.17, 15) is 4.79 Å². The fraction of sp³-hybridized carbons (Fsp3) is 0.733. The van der Waals surface area contributed by atoms with Gasteiger partial charge in [-0.25, -0.2) is 4.98 Å². The Bertz CT molecular complexity index is 514. The molecule has 1 aromatic rings. The molecule has 2 aliphatic rings. The lowest BCUT2D eigenvalue weighted by Crippen LogP contribution is -2.29. The molecule has 2 aliphatic carbocycles. The summed E-state index contributed by atoms with van der Waals surface area (Å²) in [5.74, 6) is 1.80. The number of carboxylic acid groups (broad SMARTS) is 1. The Balaban J connectivity index is 1.64. The molecule has 2 bridgehead atoms. The SMILES string of the molecule is Cc1sc(NC(C)C2CC3CCC2C3)nc1CC(=O)O. The lowest BCUT2D eigenvalue weighted by atomic mass is 9.84. The van der Waals surface area contributed by atoms with Gasteiger partial charge in [0.1, 0.15) is 0 Å². The van der Waals surface area contributed by atoms with Crippen molar-refractivity contribution in [3.05, 3.63) is 10.6 Å². The molecule has 4 unspecified atom stereocenters. The lowest BCUT2D eigenvalue weighted by molar-refractivity contribution is -0.136. The highest BCUT2D eigenvalue weighted by Crippen LogP contribution is 2.49. The number of nitrogens with zero attached hydrogens (tertiary/aromatic N) is 1. The number of aryl methyl sites for hydroxylation is 1. The first-order valence-corrected chi connectivity index (χ1v) is 8.29. The van der Waals surface area contributed by atoms with E-state index in [1.165, 1.54) is 25.7 Å². The average Bonchev–Trinajstić information content (AvgIpc) is 3.05. The first-order chi connectivity index (χ1) is 9.52. The zero-order chi connectivity index (χ0) is 14.3. The highest BCUT2D eigenvalue weighted by atomic mass is 32.1. The van der Waals surface area contributed by atoms with Crippen LogP contribution in [-0.4, -0.2) is 22.1 Å².